The van der Waals surface area contributed by atoms with Gasteiger partial charge in [-0.25, -0.2) is 4.39 Å². The van der Waals surface area contributed by atoms with Gasteiger partial charge in [0.05, 0.1) is 24.6 Å². The molecule has 0 heterocycles. The number of carboxylic acid groups (broad SMARTS) is 1. The van der Waals surface area contributed by atoms with E-state index in [1.807, 2.05) is 24.3 Å². The van der Waals surface area contributed by atoms with Crippen LogP contribution in [0.1, 0.15) is 30.5 Å². The van der Waals surface area contributed by atoms with Crippen molar-refractivity contribution in [1.29, 1.82) is 0 Å². The van der Waals surface area contributed by atoms with Gasteiger partial charge in [-0.05, 0) is 41.8 Å². The Morgan fingerprint density at radius 2 is 1.89 bits per heavy atom. The van der Waals surface area contributed by atoms with E-state index in [0.717, 1.165) is 17.4 Å². The largest absolute Gasteiger partial charge is 0.497 e. The molecule has 144 valence electrons. The standard InChI is InChI=1S/C20H21ClFNO4/c1-12(9-13-3-6-15(27-2)7-4-13)20(26)23-18(11-19(24)25)14-5-8-16(21)17(22)10-14/h3-8,10,12,18H,9,11H2,1-2H3,(H,23,26)(H,24,25). The van der Waals surface area contributed by atoms with Crippen LogP contribution in [-0.4, -0.2) is 24.1 Å². The number of benzene rings is 2. The van der Waals surface area contributed by atoms with E-state index in [2.05, 4.69) is 5.32 Å². The van der Waals surface area contributed by atoms with Gasteiger partial charge in [-0.15, -0.1) is 0 Å². The second-order valence-corrected chi connectivity index (χ2v) is 6.69. The molecular formula is C20H21ClFNO4. The smallest absolute Gasteiger partial charge is 0.305 e. The number of halogens is 2. The molecule has 27 heavy (non-hydrogen) atoms. The number of hydrogen-bond donors (Lipinski definition) is 2. The summed E-state index contributed by atoms with van der Waals surface area (Å²) in [6.07, 6.45) is 0.118. The van der Waals surface area contributed by atoms with Crippen molar-refractivity contribution in [3.63, 3.8) is 0 Å². The van der Waals surface area contributed by atoms with Gasteiger partial charge in [0.2, 0.25) is 5.91 Å². The third kappa shape index (κ3) is 5.96. The zero-order chi connectivity index (χ0) is 20.0. The highest BCUT2D eigenvalue weighted by Crippen LogP contribution is 2.23. The van der Waals surface area contributed by atoms with Gasteiger partial charge in [0.25, 0.3) is 0 Å². The summed E-state index contributed by atoms with van der Waals surface area (Å²) in [7, 11) is 1.58. The molecule has 5 nitrogen and oxygen atoms in total. The molecule has 0 aliphatic carbocycles. The van der Waals surface area contributed by atoms with Crippen LogP contribution in [0.3, 0.4) is 0 Å². The highest BCUT2D eigenvalue weighted by molar-refractivity contribution is 6.30. The summed E-state index contributed by atoms with van der Waals surface area (Å²) in [5, 5.41) is 11.8. The third-order valence-corrected chi connectivity index (χ3v) is 4.50. The predicted molar refractivity (Wildman–Crippen MR) is 100 cm³/mol. The maximum atomic E-state index is 13.7. The Kier molecular flexibility index (Phi) is 7.19. The topological polar surface area (TPSA) is 75.6 Å². The van der Waals surface area contributed by atoms with E-state index >= 15 is 0 Å². The summed E-state index contributed by atoms with van der Waals surface area (Å²) in [6.45, 7) is 1.75. The molecule has 0 aromatic heterocycles. The van der Waals surface area contributed by atoms with Crippen molar-refractivity contribution in [2.75, 3.05) is 7.11 Å². The molecule has 0 spiro atoms. The van der Waals surface area contributed by atoms with E-state index < -0.39 is 23.7 Å². The minimum atomic E-state index is -1.10. The first kappa shape index (κ1) is 20.7. The minimum absolute atomic E-state index is 0.0629. The summed E-state index contributed by atoms with van der Waals surface area (Å²) in [5.74, 6) is -1.75. The molecule has 0 saturated carbocycles. The Balaban J connectivity index is 2.09. The normalized spacial score (nSPS) is 12.9. The van der Waals surface area contributed by atoms with Gasteiger partial charge in [-0.1, -0.05) is 36.7 Å². The molecule has 0 bridgehead atoms. The van der Waals surface area contributed by atoms with Crippen LogP contribution in [0.15, 0.2) is 42.5 Å². The molecule has 2 atom stereocenters. The summed E-state index contributed by atoms with van der Waals surface area (Å²) in [4.78, 5) is 23.7. The third-order valence-electron chi connectivity index (χ3n) is 4.19. The van der Waals surface area contributed by atoms with Gasteiger partial charge in [0.1, 0.15) is 11.6 Å². The first-order chi connectivity index (χ1) is 12.8. The number of nitrogens with one attached hydrogen (secondary N) is 1. The maximum Gasteiger partial charge on any atom is 0.305 e. The Labute approximate surface area is 162 Å². The molecule has 2 unspecified atom stereocenters. The summed E-state index contributed by atoms with van der Waals surface area (Å²) in [5.41, 5.74) is 1.30. The zero-order valence-corrected chi connectivity index (χ0v) is 15.8. The van der Waals surface area contributed by atoms with Crippen LogP contribution in [0.25, 0.3) is 0 Å². The number of rotatable bonds is 8. The fourth-order valence-corrected chi connectivity index (χ4v) is 2.80. The second kappa shape index (κ2) is 9.37. The Morgan fingerprint density at radius 1 is 1.22 bits per heavy atom. The van der Waals surface area contributed by atoms with Crippen LogP contribution in [0.5, 0.6) is 5.75 Å². The monoisotopic (exact) mass is 393 g/mol. The van der Waals surface area contributed by atoms with Crippen molar-refractivity contribution in [1.82, 2.24) is 5.32 Å². The van der Waals surface area contributed by atoms with Gasteiger partial charge in [-0.2, -0.15) is 0 Å². The van der Waals surface area contributed by atoms with Crippen molar-refractivity contribution in [2.45, 2.75) is 25.8 Å². The average molecular weight is 394 g/mol. The number of amides is 1. The summed E-state index contributed by atoms with van der Waals surface area (Å²) < 4.78 is 18.8. The number of aliphatic carboxylic acids is 1. The molecule has 1 amide bonds. The molecule has 0 aliphatic heterocycles. The van der Waals surface area contributed by atoms with Crippen LogP contribution in [0, 0.1) is 11.7 Å². The van der Waals surface area contributed by atoms with Crippen LogP contribution in [0.2, 0.25) is 5.02 Å². The lowest BCUT2D eigenvalue weighted by atomic mass is 9.98. The van der Waals surface area contributed by atoms with E-state index in [1.165, 1.54) is 12.1 Å². The number of carboxylic acids is 1. The van der Waals surface area contributed by atoms with Crippen molar-refractivity contribution >= 4 is 23.5 Å². The van der Waals surface area contributed by atoms with Crippen molar-refractivity contribution < 1.29 is 23.8 Å². The first-order valence-electron chi connectivity index (χ1n) is 8.40. The molecule has 0 fully saturated rings. The van der Waals surface area contributed by atoms with Crippen LogP contribution >= 0.6 is 11.6 Å². The molecule has 7 heteroatoms. The molecule has 0 aliphatic rings. The molecule has 2 aromatic rings. The van der Waals surface area contributed by atoms with Crippen molar-refractivity contribution in [3.8, 4) is 5.75 Å². The van der Waals surface area contributed by atoms with Gasteiger partial charge in [0, 0.05) is 5.92 Å². The van der Waals surface area contributed by atoms with Crippen LogP contribution < -0.4 is 10.1 Å². The molecule has 2 aromatic carbocycles. The molecule has 2 rings (SSSR count). The number of methoxy groups -OCH3 is 1. The second-order valence-electron chi connectivity index (χ2n) is 6.29. The SMILES string of the molecule is COc1ccc(CC(C)C(=O)NC(CC(=O)O)c2ccc(Cl)c(F)c2)cc1. The van der Waals surface area contributed by atoms with E-state index in [0.29, 0.717) is 12.0 Å². The molecular weight excluding hydrogens is 373 g/mol. The lowest BCUT2D eigenvalue weighted by molar-refractivity contribution is -0.137. The maximum absolute atomic E-state index is 13.7. The summed E-state index contributed by atoms with van der Waals surface area (Å²) in [6, 6.07) is 10.5. The lowest BCUT2D eigenvalue weighted by Gasteiger charge is -2.20. The Bertz CT molecular complexity index is 810. The molecule has 2 N–H and O–H groups in total. The summed E-state index contributed by atoms with van der Waals surface area (Å²) >= 11 is 5.67. The Hall–Kier alpha value is -2.60. The van der Waals surface area contributed by atoms with Crippen molar-refractivity contribution in [2.24, 2.45) is 5.92 Å². The fraction of sp³-hybridized carbons (Fsp3) is 0.300. The highest BCUT2D eigenvalue weighted by atomic mass is 35.5. The number of carbonyl (C=O) groups is 2. The van der Waals surface area contributed by atoms with Gasteiger partial charge < -0.3 is 15.2 Å². The van der Waals surface area contributed by atoms with E-state index in [-0.39, 0.29) is 17.4 Å². The predicted octanol–water partition coefficient (Wildman–Crippen LogP) is 4.00. The van der Waals surface area contributed by atoms with Gasteiger partial charge in [0.15, 0.2) is 0 Å². The quantitative estimate of drug-likeness (QED) is 0.710. The zero-order valence-electron chi connectivity index (χ0n) is 15.0. The fourth-order valence-electron chi connectivity index (χ4n) is 2.68. The van der Waals surface area contributed by atoms with Gasteiger partial charge >= 0.3 is 5.97 Å². The van der Waals surface area contributed by atoms with E-state index in [1.54, 1.807) is 14.0 Å². The number of carbonyl (C=O) groups excluding carboxylic acids is 1. The lowest BCUT2D eigenvalue weighted by Crippen LogP contribution is -2.35. The molecule has 0 radical (unpaired) electrons. The van der Waals surface area contributed by atoms with Crippen LogP contribution in [-0.2, 0) is 16.0 Å². The van der Waals surface area contributed by atoms with E-state index in [4.69, 9.17) is 21.4 Å². The Morgan fingerprint density at radius 3 is 2.44 bits per heavy atom. The average Bonchev–Trinajstić information content (AvgIpc) is 2.63. The molecule has 0 saturated heterocycles. The van der Waals surface area contributed by atoms with E-state index in [9.17, 15) is 14.0 Å². The number of ether oxygens (including phenoxy) is 1. The number of hydrogen-bond acceptors (Lipinski definition) is 3. The minimum Gasteiger partial charge on any atom is -0.497 e. The van der Waals surface area contributed by atoms with Crippen molar-refractivity contribution in [3.05, 3.63) is 64.4 Å². The van der Waals surface area contributed by atoms with Crippen LogP contribution in [0.4, 0.5) is 4.39 Å². The first-order valence-corrected chi connectivity index (χ1v) is 8.78. The highest BCUT2D eigenvalue weighted by Gasteiger charge is 2.22. The van der Waals surface area contributed by atoms with Gasteiger partial charge in [-0.3, -0.25) is 9.59 Å².